The van der Waals surface area contributed by atoms with Crippen LogP contribution in [-0.2, 0) is 9.59 Å². The molecule has 2 fully saturated rings. The molecular weight excluding hydrogens is 394 g/mol. The Balaban J connectivity index is 1.26. The Labute approximate surface area is 179 Å². The van der Waals surface area contributed by atoms with Crippen molar-refractivity contribution in [3.8, 4) is 0 Å². The predicted octanol–water partition coefficient (Wildman–Crippen LogP) is 0.220. The van der Waals surface area contributed by atoms with E-state index in [0.717, 1.165) is 10.8 Å². The Morgan fingerprint density at radius 2 is 1.58 bits per heavy atom. The summed E-state index contributed by atoms with van der Waals surface area (Å²) in [7, 11) is 0. The summed E-state index contributed by atoms with van der Waals surface area (Å²) in [4.78, 5) is 45.1. The summed E-state index contributed by atoms with van der Waals surface area (Å²) in [5.41, 5.74) is 0.181. The van der Waals surface area contributed by atoms with Crippen LogP contribution in [-0.4, -0.2) is 64.4 Å². The Bertz CT molecular complexity index is 1180. The highest BCUT2D eigenvalue weighted by Gasteiger charge is 2.50. The summed E-state index contributed by atoms with van der Waals surface area (Å²) in [6, 6.07) is 14.6. The van der Waals surface area contributed by atoms with Crippen LogP contribution in [0.3, 0.4) is 0 Å². The maximum Gasteiger partial charge on any atom is 0.257 e. The number of piperazine rings is 1. The quantitative estimate of drug-likeness (QED) is 0.774. The minimum atomic E-state index is -1.16. The summed E-state index contributed by atoms with van der Waals surface area (Å²) in [5.74, 6) is -0.986. The largest absolute Gasteiger partial charge is 0.380 e. The first-order valence-corrected chi connectivity index (χ1v) is 10.6. The Kier molecular flexibility index (Phi) is 4.70. The summed E-state index contributed by atoms with van der Waals surface area (Å²) in [6.45, 7) is 1.73. The molecule has 2 heterocycles. The highest BCUT2D eigenvalue weighted by Crippen LogP contribution is 2.37. The van der Waals surface area contributed by atoms with Crippen molar-refractivity contribution in [1.29, 1.82) is 0 Å². The van der Waals surface area contributed by atoms with Gasteiger partial charge in [0.25, 0.3) is 17.7 Å². The van der Waals surface area contributed by atoms with Gasteiger partial charge in [-0.1, -0.05) is 36.4 Å². The van der Waals surface area contributed by atoms with E-state index in [2.05, 4.69) is 4.99 Å². The molecule has 0 radical (unpaired) electrons. The molecular formula is C24H23N3O4. The van der Waals surface area contributed by atoms with Crippen molar-refractivity contribution >= 4 is 23.8 Å². The number of para-hydroxylation sites is 1. The number of benzene rings is 2. The highest BCUT2D eigenvalue weighted by atomic mass is 16.3. The summed E-state index contributed by atoms with van der Waals surface area (Å²) >= 11 is 0. The van der Waals surface area contributed by atoms with Crippen LogP contribution in [0.4, 0.5) is 0 Å². The average molecular weight is 417 g/mol. The molecule has 1 atom stereocenters. The van der Waals surface area contributed by atoms with Gasteiger partial charge in [-0.3, -0.25) is 14.4 Å². The Morgan fingerprint density at radius 3 is 2.26 bits per heavy atom. The first-order valence-electron chi connectivity index (χ1n) is 10.6. The Morgan fingerprint density at radius 1 is 0.935 bits per heavy atom. The van der Waals surface area contributed by atoms with Crippen molar-refractivity contribution in [2.24, 2.45) is 4.99 Å². The standard InChI is InChI=1S/C24H23N3O4/c28-21-19(15-18-3-1-2-4-20(18)25-21)16-5-7-17(8-6-16)22(29)26-11-13-27(14-12-26)23(30)24(31)9-10-24/h1-8,15,19,31H,9-14H2. The topological polar surface area (TPSA) is 90.3 Å². The van der Waals surface area contributed by atoms with Gasteiger partial charge in [-0.15, -0.1) is 0 Å². The molecule has 2 aromatic carbocycles. The minimum absolute atomic E-state index is 0.0993. The van der Waals surface area contributed by atoms with Gasteiger partial charge in [-0.2, -0.15) is 0 Å². The molecule has 1 saturated carbocycles. The number of fused-ring (bicyclic) bond motifs is 1. The molecule has 1 N–H and O–H groups in total. The zero-order valence-electron chi connectivity index (χ0n) is 17.0. The predicted molar refractivity (Wildman–Crippen MR) is 113 cm³/mol. The van der Waals surface area contributed by atoms with Crippen LogP contribution in [0.1, 0.15) is 34.7 Å². The van der Waals surface area contributed by atoms with E-state index in [4.69, 9.17) is 0 Å². The second kappa shape index (κ2) is 7.42. The van der Waals surface area contributed by atoms with E-state index in [9.17, 15) is 19.5 Å². The fourth-order valence-corrected chi connectivity index (χ4v) is 4.16. The minimum Gasteiger partial charge on any atom is -0.380 e. The summed E-state index contributed by atoms with van der Waals surface area (Å²) in [5, 5.41) is 11.6. The lowest BCUT2D eigenvalue weighted by molar-refractivity contribution is -0.143. The van der Waals surface area contributed by atoms with Gasteiger partial charge >= 0.3 is 0 Å². The van der Waals surface area contributed by atoms with Gasteiger partial charge < -0.3 is 14.9 Å². The lowest BCUT2D eigenvalue weighted by Crippen LogP contribution is -2.53. The number of nitrogens with zero attached hydrogens (tertiary/aromatic N) is 3. The third-order valence-electron chi connectivity index (χ3n) is 6.27. The third kappa shape index (κ3) is 3.65. The number of carbonyl (C=O) groups is 3. The van der Waals surface area contributed by atoms with Gasteiger partial charge in [0.15, 0.2) is 0 Å². The molecule has 3 amide bonds. The molecule has 31 heavy (non-hydrogen) atoms. The number of hydrogen-bond acceptors (Lipinski definition) is 4. The van der Waals surface area contributed by atoms with Crippen molar-refractivity contribution in [2.45, 2.75) is 24.4 Å². The first kappa shape index (κ1) is 19.6. The molecule has 1 unspecified atom stereocenters. The van der Waals surface area contributed by atoms with E-state index in [0.29, 0.717) is 49.9 Å². The van der Waals surface area contributed by atoms with Crippen LogP contribution in [0.15, 0.2) is 53.5 Å². The van der Waals surface area contributed by atoms with E-state index in [1.807, 2.05) is 30.3 Å². The van der Waals surface area contributed by atoms with Crippen LogP contribution in [0.2, 0.25) is 0 Å². The Hall–Kier alpha value is -3.32. The molecule has 5 rings (SSSR count). The molecule has 2 aliphatic heterocycles. The molecule has 0 aromatic heterocycles. The van der Waals surface area contributed by atoms with Crippen LogP contribution in [0.25, 0.3) is 6.08 Å². The average Bonchev–Trinajstić information content (AvgIpc) is 3.56. The van der Waals surface area contributed by atoms with Crippen LogP contribution in [0.5, 0.6) is 0 Å². The van der Waals surface area contributed by atoms with Gasteiger partial charge in [0.05, 0.1) is 11.3 Å². The summed E-state index contributed by atoms with van der Waals surface area (Å²) in [6.07, 6.45) is 2.96. The van der Waals surface area contributed by atoms with E-state index >= 15 is 0 Å². The van der Waals surface area contributed by atoms with Gasteiger partial charge in [0, 0.05) is 31.7 Å². The zero-order chi connectivity index (χ0) is 21.6. The van der Waals surface area contributed by atoms with E-state index in [1.54, 1.807) is 34.1 Å². The number of amides is 3. The molecule has 158 valence electrons. The van der Waals surface area contributed by atoms with Crippen LogP contribution < -0.4 is 10.6 Å². The molecule has 1 saturated heterocycles. The number of hydrogen-bond donors (Lipinski definition) is 1. The molecule has 7 heteroatoms. The second-order valence-electron chi connectivity index (χ2n) is 8.39. The zero-order valence-corrected chi connectivity index (χ0v) is 17.0. The van der Waals surface area contributed by atoms with E-state index < -0.39 is 11.5 Å². The van der Waals surface area contributed by atoms with Crippen molar-refractivity contribution in [2.75, 3.05) is 26.2 Å². The van der Waals surface area contributed by atoms with Crippen molar-refractivity contribution in [3.63, 3.8) is 0 Å². The van der Waals surface area contributed by atoms with E-state index in [1.165, 1.54) is 0 Å². The number of rotatable bonds is 3. The van der Waals surface area contributed by atoms with Gasteiger partial charge in [-0.25, -0.2) is 4.99 Å². The lowest BCUT2D eigenvalue weighted by Gasteiger charge is -2.35. The van der Waals surface area contributed by atoms with Gasteiger partial charge in [-0.05, 0) is 41.8 Å². The molecule has 7 nitrogen and oxygen atoms in total. The van der Waals surface area contributed by atoms with Gasteiger partial charge in [0.2, 0.25) is 0 Å². The highest BCUT2D eigenvalue weighted by molar-refractivity contribution is 5.95. The number of aliphatic hydroxyl groups is 1. The maximum atomic E-state index is 12.9. The molecule has 3 aliphatic rings. The third-order valence-corrected chi connectivity index (χ3v) is 6.27. The smallest absolute Gasteiger partial charge is 0.257 e. The number of carbonyl (C=O) groups excluding carboxylic acids is 3. The molecule has 0 bridgehead atoms. The fourth-order valence-electron chi connectivity index (χ4n) is 4.16. The van der Waals surface area contributed by atoms with Crippen molar-refractivity contribution < 1.29 is 19.5 Å². The monoisotopic (exact) mass is 417 g/mol. The normalized spacial score (nSPS) is 21.6. The maximum absolute atomic E-state index is 12.9. The lowest BCUT2D eigenvalue weighted by atomic mass is 9.94. The van der Waals surface area contributed by atoms with Crippen LogP contribution >= 0.6 is 0 Å². The van der Waals surface area contributed by atoms with Gasteiger partial charge in [0.1, 0.15) is 5.60 Å². The first-order chi connectivity index (χ1) is 14.9. The summed E-state index contributed by atoms with van der Waals surface area (Å²) < 4.78 is 0. The van der Waals surface area contributed by atoms with Crippen LogP contribution in [0, 0.1) is 0 Å². The van der Waals surface area contributed by atoms with Crippen molar-refractivity contribution in [3.05, 3.63) is 70.2 Å². The molecule has 1 aliphatic carbocycles. The fraction of sp³-hybridized carbons (Fsp3) is 0.333. The molecule has 2 aromatic rings. The van der Waals surface area contributed by atoms with E-state index in [-0.39, 0.29) is 17.7 Å². The SMILES string of the molecule is O=C1N=c2ccccc2=CC1c1ccc(C(=O)N2CCN(C(=O)C3(O)CC3)CC2)cc1. The molecule has 0 spiro atoms. The second-order valence-corrected chi connectivity index (χ2v) is 8.39. The van der Waals surface area contributed by atoms with Crippen molar-refractivity contribution in [1.82, 2.24) is 9.80 Å².